The van der Waals surface area contributed by atoms with Crippen LogP contribution in [-0.4, -0.2) is 11.2 Å². The molecular weight excluding hydrogens is 220 g/mol. The summed E-state index contributed by atoms with van der Waals surface area (Å²) in [6, 6.07) is 0. The topological polar surface area (TPSA) is 20.2 Å². The molecule has 0 radical (unpaired) electrons. The molecule has 108 valence electrons. The van der Waals surface area contributed by atoms with E-state index in [4.69, 9.17) is 0 Å². The van der Waals surface area contributed by atoms with Crippen LogP contribution in [0.1, 0.15) is 79.1 Å². The lowest BCUT2D eigenvalue weighted by atomic mass is 9.73. The van der Waals surface area contributed by atoms with Gasteiger partial charge in [0.15, 0.2) is 0 Å². The van der Waals surface area contributed by atoms with Crippen molar-refractivity contribution in [3.8, 4) is 0 Å². The highest BCUT2D eigenvalue weighted by atomic mass is 16.3. The van der Waals surface area contributed by atoms with Crippen molar-refractivity contribution in [2.45, 2.75) is 85.2 Å². The smallest absolute Gasteiger partial charge is 0.0596 e. The predicted molar refractivity (Wildman–Crippen MR) is 79.6 cm³/mol. The van der Waals surface area contributed by atoms with Gasteiger partial charge in [-0.3, -0.25) is 0 Å². The molecule has 1 aliphatic carbocycles. The largest absolute Gasteiger partial charge is 0.393 e. The van der Waals surface area contributed by atoms with E-state index in [2.05, 4.69) is 27.7 Å². The molecule has 0 amide bonds. The molecular formula is C17H34O. The molecule has 0 heterocycles. The van der Waals surface area contributed by atoms with Crippen molar-refractivity contribution in [2.24, 2.45) is 23.7 Å². The van der Waals surface area contributed by atoms with Gasteiger partial charge in [0.2, 0.25) is 0 Å². The zero-order valence-corrected chi connectivity index (χ0v) is 13.0. The Morgan fingerprint density at radius 3 is 2.22 bits per heavy atom. The summed E-state index contributed by atoms with van der Waals surface area (Å²) in [7, 11) is 0. The van der Waals surface area contributed by atoms with Gasteiger partial charge < -0.3 is 5.11 Å². The molecule has 0 bridgehead atoms. The van der Waals surface area contributed by atoms with Crippen molar-refractivity contribution in [1.29, 1.82) is 0 Å². The highest BCUT2D eigenvalue weighted by Crippen LogP contribution is 2.36. The zero-order valence-electron chi connectivity index (χ0n) is 13.0. The summed E-state index contributed by atoms with van der Waals surface area (Å²) in [6.07, 6.45) is 10.2. The van der Waals surface area contributed by atoms with E-state index in [-0.39, 0.29) is 6.10 Å². The lowest BCUT2D eigenvalue weighted by Crippen LogP contribution is -2.34. The SMILES string of the molecule is CCCC[C@H](CC)C(C)C(O)C1CCC(C)CC1. The number of aliphatic hydroxyl groups is 1. The van der Waals surface area contributed by atoms with E-state index in [0.29, 0.717) is 11.8 Å². The highest BCUT2D eigenvalue weighted by Gasteiger charge is 2.31. The Hall–Kier alpha value is -0.0400. The van der Waals surface area contributed by atoms with Crippen LogP contribution in [-0.2, 0) is 0 Å². The normalized spacial score (nSPS) is 29.8. The van der Waals surface area contributed by atoms with Crippen LogP contribution in [0.3, 0.4) is 0 Å². The highest BCUT2D eigenvalue weighted by molar-refractivity contribution is 4.82. The number of unbranched alkanes of at least 4 members (excludes halogenated alkanes) is 1. The molecule has 1 nitrogen and oxygen atoms in total. The third-order valence-corrected chi connectivity index (χ3v) is 5.28. The summed E-state index contributed by atoms with van der Waals surface area (Å²) in [4.78, 5) is 0. The van der Waals surface area contributed by atoms with Crippen molar-refractivity contribution < 1.29 is 5.11 Å². The van der Waals surface area contributed by atoms with E-state index in [1.54, 1.807) is 0 Å². The second kappa shape index (κ2) is 8.19. The molecule has 18 heavy (non-hydrogen) atoms. The van der Waals surface area contributed by atoms with Gasteiger partial charge in [0.25, 0.3) is 0 Å². The summed E-state index contributed by atoms with van der Waals surface area (Å²) >= 11 is 0. The van der Waals surface area contributed by atoms with Crippen molar-refractivity contribution >= 4 is 0 Å². The van der Waals surface area contributed by atoms with Crippen LogP contribution in [0, 0.1) is 23.7 Å². The molecule has 2 unspecified atom stereocenters. The summed E-state index contributed by atoms with van der Waals surface area (Å²) < 4.78 is 0. The average molecular weight is 254 g/mol. The fourth-order valence-corrected chi connectivity index (χ4v) is 3.64. The van der Waals surface area contributed by atoms with E-state index >= 15 is 0 Å². The predicted octanol–water partition coefficient (Wildman–Crippen LogP) is 5.03. The van der Waals surface area contributed by atoms with Gasteiger partial charge in [-0.1, -0.05) is 66.2 Å². The Kier molecular flexibility index (Phi) is 7.29. The van der Waals surface area contributed by atoms with E-state index < -0.39 is 0 Å². The standard InChI is InChI=1S/C17H34O/c1-5-7-8-15(6-2)14(4)17(18)16-11-9-13(3)10-12-16/h13-18H,5-12H2,1-4H3/t13?,14?,15-,16?,17?/m0/s1. The quantitative estimate of drug-likeness (QED) is 0.676. The molecule has 1 saturated carbocycles. The van der Waals surface area contributed by atoms with E-state index in [0.717, 1.165) is 11.8 Å². The van der Waals surface area contributed by atoms with Crippen molar-refractivity contribution in [3.05, 3.63) is 0 Å². The molecule has 1 N–H and O–H groups in total. The lowest BCUT2D eigenvalue weighted by molar-refractivity contribution is 0.00847. The van der Waals surface area contributed by atoms with Gasteiger partial charge >= 0.3 is 0 Å². The average Bonchev–Trinajstić information content (AvgIpc) is 2.39. The van der Waals surface area contributed by atoms with Gasteiger partial charge in [-0.25, -0.2) is 0 Å². The lowest BCUT2D eigenvalue weighted by Gasteiger charge is -2.36. The van der Waals surface area contributed by atoms with Gasteiger partial charge in [0, 0.05) is 0 Å². The molecule has 0 aliphatic heterocycles. The van der Waals surface area contributed by atoms with Crippen LogP contribution in [0.5, 0.6) is 0 Å². The number of aliphatic hydroxyl groups excluding tert-OH is 1. The number of hydrogen-bond acceptors (Lipinski definition) is 1. The van der Waals surface area contributed by atoms with Crippen LogP contribution in [0.15, 0.2) is 0 Å². The van der Waals surface area contributed by atoms with Gasteiger partial charge in [0.1, 0.15) is 0 Å². The fraction of sp³-hybridized carbons (Fsp3) is 1.00. The third kappa shape index (κ3) is 4.57. The van der Waals surface area contributed by atoms with Gasteiger partial charge in [0.05, 0.1) is 6.10 Å². The number of rotatable bonds is 7. The maximum atomic E-state index is 10.6. The second-order valence-corrected chi connectivity index (χ2v) is 6.68. The molecule has 1 aliphatic rings. The molecule has 3 atom stereocenters. The summed E-state index contributed by atoms with van der Waals surface area (Å²) in [5.41, 5.74) is 0. The molecule has 0 aromatic rings. The molecule has 0 saturated heterocycles. The van der Waals surface area contributed by atoms with Crippen LogP contribution < -0.4 is 0 Å². The Morgan fingerprint density at radius 1 is 1.11 bits per heavy atom. The molecule has 0 aromatic heterocycles. The molecule has 1 fully saturated rings. The minimum Gasteiger partial charge on any atom is -0.393 e. The Bertz CT molecular complexity index is 197. The summed E-state index contributed by atoms with van der Waals surface area (Å²) in [5, 5.41) is 10.6. The first-order valence-corrected chi connectivity index (χ1v) is 8.28. The maximum Gasteiger partial charge on any atom is 0.0596 e. The zero-order chi connectivity index (χ0) is 13.5. The first-order chi connectivity index (χ1) is 8.60. The Morgan fingerprint density at radius 2 is 1.72 bits per heavy atom. The minimum absolute atomic E-state index is 0.0562. The summed E-state index contributed by atoms with van der Waals surface area (Å²) in [5.74, 6) is 2.66. The minimum atomic E-state index is -0.0562. The molecule has 0 aromatic carbocycles. The van der Waals surface area contributed by atoms with Gasteiger partial charge in [-0.15, -0.1) is 0 Å². The molecule has 0 spiro atoms. The van der Waals surface area contributed by atoms with E-state index in [1.165, 1.54) is 51.4 Å². The Labute approximate surface area is 114 Å². The summed E-state index contributed by atoms with van der Waals surface area (Å²) in [6.45, 7) is 9.18. The Balaban J connectivity index is 2.45. The van der Waals surface area contributed by atoms with Gasteiger partial charge in [-0.05, 0) is 36.5 Å². The second-order valence-electron chi connectivity index (χ2n) is 6.68. The first-order valence-electron chi connectivity index (χ1n) is 8.28. The van der Waals surface area contributed by atoms with Crippen LogP contribution in [0.4, 0.5) is 0 Å². The monoisotopic (exact) mass is 254 g/mol. The first kappa shape index (κ1) is 16.0. The van der Waals surface area contributed by atoms with Crippen molar-refractivity contribution in [1.82, 2.24) is 0 Å². The van der Waals surface area contributed by atoms with Crippen molar-refractivity contribution in [2.75, 3.05) is 0 Å². The van der Waals surface area contributed by atoms with Gasteiger partial charge in [-0.2, -0.15) is 0 Å². The van der Waals surface area contributed by atoms with Crippen LogP contribution in [0.25, 0.3) is 0 Å². The van der Waals surface area contributed by atoms with Crippen LogP contribution in [0.2, 0.25) is 0 Å². The maximum absolute atomic E-state index is 10.6. The van der Waals surface area contributed by atoms with Crippen LogP contribution >= 0.6 is 0 Å². The van der Waals surface area contributed by atoms with E-state index in [1.807, 2.05) is 0 Å². The molecule has 1 heteroatoms. The van der Waals surface area contributed by atoms with Crippen molar-refractivity contribution in [3.63, 3.8) is 0 Å². The molecule has 1 rings (SSSR count). The number of hydrogen-bond donors (Lipinski definition) is 1. The third-order valence-electron chi connectivity index (χ3n) is 5.28. The fourth-order valence-electron chi connectivity index (χ4n) is 3.64. The van der Waals surface area contributed by atoms with E-state index in [9.17, 15) is 5.11 Å².